The Morgan fingerprint density at radius 3 is 1.59 bits per heavy atom. The fourth-order valence-electron chi connectivity index (χ4n) is 6.02. The first-order valence-corrected chi connectivity index (χ1v) is 17.0. The molecule has 0 radical (unpaired) electrons. The van der Waals surface area contributed by atoms with Crippen molar-refractivity contribution in [1.29, 1.82) is 0 Å². The summed E-state index contributed by atoms with van der Waals surface area (Å²) in [6.45, 7) is 0. The van der Waals surface area contributed by atoms with Gasteiger partial charge in [0.1, 0.15) is 11.9 Å². The van der Waals surface area contributed by atoms with E-state index in [0.29, 0.717) is 5.92 Å². The number of hydrogen-bond acceptors (Lipinski definition) is 1. The molecule has 1 nitrogen and oxygen atoms in total. The van der Waals surface area contributed by atoms with Gasteiger partial charge in [-0.2, -0.15) is 0 Å². The molecule has 0 spiro atoms. The normalized spacial score (nSPS) is 17.8. The maximum absolute atomic E-state index is 7.37. The fraction of sp³-hybridized carbons (Fsp3) is 0.105. The number of hydrogen-bond donors (Lipinski definition) is 0. The van der Waals surface area contributed by atoms with E-state index in [1.807, 2.05) is 0 Å². The fourth-order valence-corrected chi connectivity index (χ4v) is 11.0. The van der Waals surface area contributed by atoms with Gasteiger partial charge in [-0.05, 0) is 55.5 Å². The van der Waals surface area contributed by atoms with E-state index in [-0.39, 0.29) is 6.10 Å². The molecule has 2 atom stereocenters. The summed E-state index contributed by atoms with van der Waals surface area (Å²) >= 11 is 0. The lowest BCUT2D eigenvalue weighted by Crippen LogP contribution is -2.33. The summed E-state index contributed by atoms with van der Waals surface area (Å²) < 4.78 is 7.37. The zero-order valence-electron chi connectivity index (χ0n) is 22.9. The lowest BCUT2D eigenvalue weighted by Gasteiger charge is -2.34. The highest BCUT2D eigenvalue weighted by atomic mass is 31.1. The van der Waals surface area contributed by atoms with Crippen LogP contribution in [0.5, 0.6) is 5.75 Å². The van der Waals surface area contributed by atoms with Gasteiger partial charge in [-0.25, -0.2) is 0 Å². The Morgan fingerprint density at radius 1 is 0.537 bits per heavy atom. The molecule has 3 heteroatoms. The lowest BCUT2D eigenvalue weighted by atomic mass is 9.92. The smallest absolute Gasteiger partial charge is 0.131 e. The molecule has 1 aliphatic carbocycles. The van der Waals surface area contributed by atoms with Crippen LogP contribution in [0.2, 0.25) is 0 Å². The molecule has 7 rings (SSSR count). The Morgan fingerprint density at radius 2 is 1.05 bits per heavy atom. The first-order valence-electron chi connectivity index (χ1n) is 14.3. The monoisotopic (exact) mass is 566 g/mol. The molecule has 1 aliphatic heterocycles. The minimum Gasteiger partial charge on any atom is -0.484 e. The van der Waals surface area contributed by atoms with Crippen molar-refractivity contribution in [3.8, 4) is 5.75 Å². The summed E-state index contributed by atoms with van der Waals surface area (Å²) in [7, 11) is -1.51. The molecule has 5 aromatic rings. The topological polar surface area (TPSA) is 9.23 Å². The van der Waals surface area contributed by atoms with E-state index in [0.717, 1.165) is 18.6 Å². The lowest BCUT2D eigenvalue weighted by molar-refractivity contribution is 0.202. The van der Waals surface area contributed by atoms with Crippen molar-refractivity contribution in [2.75, 3.05) is 0 Å². The largest absolute Gasteiger partial charge is 0.484 e. The zero-order chi connectivity index (χ0) is 27.4. The Hall–Kier alpha value is -3.76. The number of ether oxygens (including phenoxy) is 1. The van der Waals surface area contributed by atoms with Gasteiger partial charge in [-0.1, -0.05) is 158 Å². The van der Waals surface area contributed by atoms with Crippen LogP contribution in [0.4, 0.5) is 0 Å². The molecule has 0 bridgehead atoms. The van der Waals surface area contributed by atoms with Gasteiger partial charge in [0.15, 0.2) is 0 Å². The predicted molar refractivity (Wildman–Crippen MR) is 178 cm³/mol. The van der Waals surface area contributed by atoms with Gasteiger partial charge in [-0.3, -0.25) is 0 Å². The van der Waals surface area contributed by atoms with Crippen LogP contribution in [0, 0.1) is 5.92 Å². The van der Waals surface area contributed by atoms with Crippen LogP contribution in [-0.2, 0) is 6.42 Å². The first-order chi connectivity index (χ1) is 20.4. The maximum Gasteiger partial charge on any atom is 0.131 e. The van der Waals surface area contributed by atoms with Gasteiger partial charge >= 0.3 is 0 Å². The molecular formula is C38H32OP2. The van der Waals surface area contributed by atoms with E-state index in [1.165, 1.54) is 37.4 Å². The van der Waals surface area contributed by atoms with Gasteiger partial charge in [-0.15, -0.1) is 0 Å². The minimum atomic E-state index is -0.771. The number of allylic oxidation sites excluding steroid dienone is 2. The summed E-state index contributed by atoms with van der Waals surface area (Å²) in [6.07, 6.45) is 9.09. The van der Waals surface area contributed by atoms with Gasteiger partial charge in [0, 0.05) is 16.5 Å². The van der Waals surface area contributed by atoms with Crippen LogP contribution in [0.3, 0.4) is 0 Å². The van der Waals surface area contributed by atoms with E-state index >= 15 is 0 Å². The quantitative estimate of drug-likeness (QED) is 0.196. The van der Waals surface area contributed by atoms with Crippen LogP contribution < -0.4 is 31.3 Å². The van der Waals surface area contributed by atoms with Crippen molar-refractivity contribution in [2.24, 2.45) is 5.92 Å². The third-order valence-electron chi connectivity index (χ3n) is 7.93. The SMILES string of the molecule is C1=CC2CCc3cccc(P(c4ccccc4)c4ccccc4)c3OC2C(P(c2ccccc2)c2ccccc2)=C1. The van der Waals surface area contributed by atoms with Gasteiger partial charge in [0.05, 0.1) is 0 Å². The number of benzene rings is 5. The molecule has 0 N–H and O–H groups in total. The molecule has 1 heterocycles. The molecule has 0 saturated carbocycles. The zero-order valence-corrected chi connectivity index (χ0v) is 24.7. The van der Waals surface area contributed by atoms with Crippen molar-refractivity contribution in [3.63, 3.8) is 0 Å². The maximum atomic E-state index is 7.37. The van der Waals surface area contributed by atoms with Gasteiger partial charge < -0.3 is 4.74 Å². The van der Waals surface area contributed by atoms with Crippen molar-refractivity contribution in [1.82, 2.24) is 0 Å². The number of rotatable bonds is 6. The highest BCUT2D eigenvalue weighted by Crippen LogP contribution is 2.51. The van der Waals surface area contributed by atoms with Crippen LogP contribution in [-0.4, -0.2) is 6.10 Å². The van der Waals surface area contributed by atoms with E-state index < -0.39 is 15.8 Å². The Kier molecular flexibility index (Phi) is 7.66. The molecule has 0 amide bonds. The molecule has 200 valence electrons. The van der Waals surface area contributed by atoms with Gasteiger partial charge in [0.25, 0.3) is 0 Å². The predicted octanol–water partition coefficient (Wildman–Crippen LogP) is 7.34. The third kappa shape index (κ3) is 5.34. The molecule has 0 aromatic heterocycles. The first kappa shape index (κ1) is 26.2. The number of fused-ring (bicyclic) bond motifs is 2. The van der Waals surface area contributed by atoms with Crippen molar-refractivity contribution in [2.45, 2.75) is 18.9 Å². The number of para-hydroxylation sites is 1. The summed E-state index contributed by atoms with van der Waals surface area (Å²) in [5.74, 6) is 1.43. The van der Waals surface area contributed by atoms with Crippen LogP contribution in [0.15, 0.2) is 163 Å². The Balaban J connectivity index is 1.36. The Bertz CT molecular complexity index is 1580. The van der Waals surface area contributed by atoms with E-state index in [2.05, 4.69) is 158 Å². The molecule has 0 saturated heterocycles. The average molecular weight is 567 g/mol. The van der Waals surface area contributed by atoms with Gasteiger partial charge in [0.2, 0.25) is 0 Å². The van der Waals surface area contributed by atoms with Crippen LogP contribution in [0.1, 0.15) is 12.0 Å². The molecule has 0 fully saturated rings. The Labute approximate surface area is 245 Å². The van der Waals surface area contributed by atoms with Crippen molar-refractivity contribution < 1.29 is 4.74 Å². The minimum absolute atomic E-state index is 0.00248. The van der Waals surface area contributed by atoms with E-state index in [9.17, 15) is 0 Å². The second-order valence-electron chi connectivity index (χ2n) is 10.5. The standard InChI is InChI=1S/C38H32OP2/c1-5-17-31(18-6-1)40(32-19-7-2-8-20-32)35-25-13-15-29-27-28-30-16-14-26-36(38(30)39-37(29)35)41(33-21-9-3-10-22-33)34-23-11-4-12-24-34/h1-26,29,37H,27-28H2. The van der Waals surface area contributed by atoms with Crippen LogP contribution >= 0.6 is 15.8 Å². The highest BCUT2D eigenvalue weighted by Gasteiger charge is 2.37. The average Bonchev–Trinajstić information content (AvgIpc) is 3.24. The third-order valence-corrected chi connectivity index (χ3v) is 12.9. The summed E-state index contributed by atoms with van der Waals surface area (Å²) in [6, 6.07) is 50.8. The van der Waals surface area contributed by atoms with Crippen LogP contribution in [0.25, 0.3) is 0 Å². The second kappa shape index (κ2) is 12.0. The van der Waals surface area contributed by atoms with Crippen molar-refractivity contribution >= 4 is 42.4 Å². The molecule has 41 heavy (non-hydrogen) atoms. The summed E-state index contributed by atoms with van der Waals surface area (Å²) in [5, 5.41) is 8.14. The molecule has 2 unspecified atom stereocenters. The second-order valence-corrected chi connectivity index (χ2v) is 14.9. The number of aryl methyl sites for hydroxylation is 1. The molecule has 2 aliphatic rings. The summed E-state index contributed by atoms with van der Waals surface area (Å²) in [4.78, 5) is 0. The summed E-state index contributed by atoms with van der Waals surface area (Å²) in [5.41, 5.74) is 1.33. The molecular weight excluding hydrogens is 534 g/mol. The van der Waals surface area contributed by atoms with E-state index in [4.69, 9.17) is 4.74 Å². The molecule has 5 aromatic carbocycles. The highest BCUT2D eigenvalue weighted by molar-refractivity contribution is 7.80. The van der Waals surface area contributed by atoms with Crippen molar-refractivity contribution in [3.05, 3.63) is 169 Å². The van der Waals surface area contributed by atoms with E-state index in [1.54, 1.807) is 0 Å².